The van der Waals surface area contributed by atoms with Crippen LogP contribution in [0.2, 0.25) is 0 Å². The summed E-state index contributed by atoms with van der Waals surface area (Å²) < 4.78 is 11.4. The van der Waals surface area contributed by atoms with Crippen LogP contribution in [0.15, 0.2) is 54.6 Å². The molecule has 5 heteroatoms. The van der Waals surface area contributed by atoms with Gasteiger partial charge in [0.15, 0.2) is 0 Å². The zero-order valence-electron chi connectivity index (χ0n) is 14.5. The molecule has 1 saturated heterocycles. The van der Waals surface area contributed by atoms with Gasteiger partial charge in [-0.3, -0.25) is 4.79 Å². The zero-order chi connectivity index (χ0) is 17.5. The van der Waals surface area contributed by atoms with Crippen LogP contribution in [0.5, 0.6) is 5.75 Å². The highest BCUT2D eigenvalue weighted by atomic mass is 16.5. The van der Waals surface area contributed by atoms with Gasteiger partial charge < -0.3 is 19.7 Å². The first-order valence-electron chi connectivity index (χ1n) is 8.62. The van der Waals surface area contributed by atoms with Crippen molar-refractivity contribution in [2.24, 2.45) is 0 Å². The summed E-state index contributed by atoms with van der Waals surface area (Å²) in [5, 5.41) is 3.16. The fourth-order valence-corrected chi connectivity index (χ4v) is 2.75. The lowest BCUT2D eigenvalue weighted by atomic mass is 10.2. The van der Waals surface area contributed by atoms with E-state index in [0.717, 1.165) is 36.6 Å². The number of ether oxygens (including phenoxy) is 2. The second-order valence-electron chi connectivity index (χ2n) is 6.12. The highest BCUT2D eigenvalue weighted by Gasteiger charge is 2.16. The highest BCUT2D eigenvalue weighted by Crippen LogP contribution is 2.20. The third kappa shape index (κ3) is 4.97. The van der Waals surface area contributed by atoms with E-state index in [9.17, 15) is 4.79 Å². The second-order valence-corrected chi connectivity index (χ2v) is 6.12. The number of para-hydroxylation sites is 1. The maximum absolute atomic E-state index is 12.3. The Balaban J connectivity index is 1.50. The molecule has 25 heavy (non-hydrogen) atoms. The molecule has 2 aromatic carbocycles. The number of benzene rings is 2. The molecule has 1 fully saturated rings. The number of anilines is 2. The molecular formula is C20H24N2O3. The predicted octanol–water partition coefficient (Wildman–Crippen LogP) is 3.32. The first-order chi connectivity index (χ1) is 12.2. The van der Waals surface area contributed by atoms with Crippen molar-refractivity contribution in [3.63, 3.8) is 0 Å². The number of carbonyl (C=O) groups is 1. The Hall–Kier alpha value is -2.53. The van der Waals surface area contributed by atoms with E-state index in [4.69, 9.17) is 9.47 Å². The number of nitrogens with zero attached hydrogens (tertiary/aromatic N) is 1. The largest absolute Gasteiger partial charge is 0.491 e. The summed E-state index contributed by atoms with van der Waals surface area (Å²) in [6.45, 7) is 1.62. The quantitative estimate of drug-likeness (QED) is 0.840. The number of nitrogens with one attached hydrogen (secondary N) is 1. The van der Waals surface area contributed by atoms with Gasteiger partial charge in [-0.15, -0.1) is 0 Å². The third-order valence-corrected chi connectivity index (χ3v) is 4.26. The number of hydrogen-bond donors (Lipinski definition) is 1. The van der Waals surface area contributed by atoms with E-state index in [0.29, 0.717) is 6.61 Å². The lowest BCUT2D eigenvalue weighted by Crippen LogP contribution is -2.32. The molecule has 0 spiro atoms. The lowest BCUT2D eigenvalue weighted by Gasteiger charge is -2.18. The van der Waals surface area contributed by atoms with Crippen LogP contribution < -0.4 is 15.0 Å². The van der Waals surface area contributed by atoms with E-state index in [1.807, 2.05) is 54.6 Å². The van der Waals surface area contributed by atoms with E-state index in [2.05, 4.69) is 5.32 Å². The van der Waals surface area contributed by atoms with Crippen LogP contribution in [0, 0.1) is 0 Å². The lowest BCUT2D eigenvalue weighted by molar-refractivity contribution is -0.116. The Morgan fingerprint density at radius 2 is 2.08 bits per heavy atom. The molecule has 2 aromatic rings. The molecule has 0 aromatic heterocycles. The molecule has 0 radical (unpaired) electrons. The SMILES string of the molecule is CN(C(=O)CNc1cccc(OCC2CCCO2)c1)c1ccccc1. The normalized spacial score (nSPS) is 16.4. The van der Waals surface area contributed by atoms with Crippen LogP contribution in [0.1, 0.15) is 12.8 Å². The van der Waals surface area contributed by atoms with Gasteiger partial charge in [-0.2, -0.15) is 0 Å². The Morgan fingerprint density at radius 3 is 2.84 bits per heavy atom. The molecule has 132 valence electrons. The van der Waals surface area contributed by atoms with E-state index in [1.165, 1.54) is 0 Å². The fraction of sp³-hybridized carbons (Fsp3) is 0.350. The van der Waals surface area contributed by atoms with Crippen molar-refractivity contribution in [2.45, 2.75) is 18.9 Å². The molecule has 3 rings (SSSR count). The Labute approximate surface area is 148 Å². The van der Waals surface area contributed by atoms with Gasteiger partial charge in [-0.1, -0.05) is 24.3 Å². The third-order valence-electron chi connectivity index (χ3n) is 4.26. The molecule has 1 N–H and O–H groups in total. The Morgan fingerprint density at radius 1 is 1.24 bits per heavy atom. The zero-order valence-corrected chi connectivity index (χ0v) is 14.5. The summed E-state index contributed by atoms with van der Waals surface area (Å²) in [5.74, 6) is 0.779. The number of likely N-dealkylation sites (N-methyl/N-ethyl adjacent to an activating group) is 1. The number of hydrogen-bond acceptors (Lipinski definition) is 4. The van der Waals surface area contributed by atoms with E-state index in [-0.39, 0.29) is 18.6 Å². The maximum atomic E-state index is 12.3. The van der Waals surface area contributed by atoms with Gasteiger partial charge in [0, 0.05) is 31.1 Å². The highest BCUT2D eigenvalue weighted by molar-refractivity contribution is 5.95. The van der Waals surface area contributed by atoms with Gasteiger partial charge in [-0.05, 0) is 37.1 Å². The second kappa shape index (κ2) is 8.53. The van der Waals surface area contributed by atoms with Crippen molar-refractivity contribution in [1.29, 1.82) is 0 Å². The number of rotatable bonds is 7. The summed E-state index contributed by atoms with van der Waals surface area (Å²) in [6, 6.07) is 17.3. The molecule has 0 bridgehead atoms. The summed E-state index contributed by atoms with van der Waals surface area (Å²) in [4.78, 5) is 14.0. The summed E-state index contributed by atoms with van der Waals surface area (Å²) in [7, 11) is 1.78. The first kappa shape index (κ1) is 17.3. The summed E-state index contributed by atoms with van der Waals surface area (Å²) >= 11 is 0. The van der Waals surface area contributed by atoms with Crippen LogP contribution >= 0.6 is 0 Å². The molecule has 1 aliphatic heterocycles. The van der Waals surface area contributed by atoms with Crippen molar-refractivity contribution in [3.05, 3.63) is 54.6 Å². The van der Waals surface area contributed by atoms with Crippen LogP contribution in [-0.4, -0.2) is 38.8 Å². The molecule has 1 unspecified atom stereocenters. The van der Waals surface area contributed by atoms with Gasteiger partial charge in [0.25, 0.3) is 0 Å². The number of carbonyl (C=O) groups excluding carboxylic acids is 1. The average molecular weight is 340 g/mol. The Bertz CT molecular complexity index is 684. The molecule has 0 saturated carbocycles. The molecule has 1 heterocycles. The van der Waals surface area contributed by atoms with Crippen molar-refractivity contribution in [2.75, 3.05) is 37.0 Å². The van der Waals surface area contributed by atoms with Gasteiger partial charge in [0.2, 0.25) is 5.91 Å². The van der Waals surface area contributed by atoms with Crippen molar-refractivity contribution in [3.8, 4) is 5.75 Å². The minimum absolute atomic E-state index is 0.00289. The van der Waals surface area contributed by atoms with Crippen molar-refractivity contribution >= 4 is 17.3 Å². The van der Waals surface area contributed by atoms with Gasteiger partial charge in [-0.25, -0.2) is 0 Å². The van der Waals surface area contributed by atoms with Crippen molar-refractivity contribution < 1.29 is 14.3 Å². The minimum Gasteiger partial charge on any atom is -0.491 e. The van der Waals surface area contributed by atoms with Crippen LogP contribution in [-0.2, 0) is 9.53 Å². The van der Waals surface area contributed by atoms with Gasteiger partial charge >= 0.3 is 0 Å². The predicted molar refractivity (Wildman–Crippen MR) is 99.3 cm³/mol. The molecule has 1 aliphatic rings. The molecule has 1 atom stereocenters. The topological polar surface area (TPSA) is 50.8 Å². The molecule has 5 nitrogen and oxygen atoms in total. The smallest absolute Gasteiger partial charge is 0.246 e. The maximum Gasteiger partial charge on any atom is 0.246 e. The monoisotopic (exact) mass is 340 g/mol. The number of amides is 1. The standard InChI is InChI=1S/C20H24N2O3/c1-22(17-8-3-2-4-9-17)20(23)14-21-16-7-5-10-18(13-16)25-15-19-11-6-12-24-19/h2-5,7-10,13,19,21H,6,11-12,14-15H2,1H3. The fourth-order valence-electron chi connectivity index (χ4n) is 2.75. The summed E-state index contributed by atoms with van der Waals surface area (Å²) in [6.07, 6.45) is 2.35. The molecular weight excluding hydrogens is 316 g/mol. The van der Waals surface area contributed by atoms with Gasteiger partial charge in [0.05, 0.1) is 12.6 Å². The average Bonchev–Trinajstić information content (AvgIpc) is 3.18. The summed E-state index contributed by atoms with van der Waals surface area (Å²) in [5.41, 5.74) is 1.74. The first-order valence-corrected chi connectivity index (χ1v) is 8.62. The molecule has 0 aliphatic carbocycles. The van der Waals surface area contributed by atoms with Crippen LogP contribution in [0.25, 0.3) is 0 Å². The molecule has 1 amide bonds. The van der Waals surface area contributed by atoms with E-state index < -0.39 is 0 Å². The Kier molecular flexibility index (Phi) is 5.90. The van der Waals surface area contributed by atoms with Crippen LogP contribution in [0.4, 0.5) is 11.4 Å². The van der Waals surface area contributed by atoms with Crippen LogP contribution in [0.3, 0.4) is 0 Å². The van der Waals surface area contributed by atoms with E-state index >= 15 is 0 Å². The van der Waals surface area contributed by atoms with Gasteiger partial charge in [0.1, 0.15) is 12.4 Å². The van der Waals surface area contributed by atoms with Crippen molar-refractivity contribution in [1.82, 2.24) is 0 Å². The minimum atomic E-state index is -0.00289. The van der Waals surface area contributed by atoms with E-state index in [1.54, 1.807) is 11.9 Å².